The second-order valence-corrected chi connectivity index (χ2v) is 8.32. The van der Waals surface area contributed by atoms with Crippen molar-refractivity contribution in [2.24, 2.45) is 11.8 Å². The Morgan fingerprint density at radius 1 is 1.38 bits per heavy atom. The molecule has 6 heteroatoms. The minimum absolute atomic E-state index is 0.0665. The van der Waals surface area contributed by atoms with Crippen LogP contribution >= 0.6 is 11.3 Å². The number of anilines is 1. The number of thiazole rings is 1. The van der Waals surface area contributed by atoms with Crippen LogP contribution in [0.2, 0.25) is 0 Å². The number of hydrogen-bond donors (Lipinski definition) is 1. The molecule has 3 rings (SSSR count). The van der Waals surface area contributed by atoms with Gasteiger partial charge in [-0.1, -0.05) is 27.2 Å². The zero-order valence-electron chi connectivity index (χ0n) is 14.8. The molecule has 2 unspecified atom stereocenters. The van der Waals surface area contributed by atoms with E-state index in [2.05, 4.69) is 17.2 Å². The summed E-state index contributed by atoms with van der Waals surface area (Å²) >= 11 is 1.61. The third-order valence-corrected chi connectivity index (χ3v) is 6.22. The number of aromatic nitrogens is 1. The molecule has 1 aromatic rings. The summed E-state index contributed by atoms with van der Waals surface area (Å²) in [6, 6.07) is -0.343. The van der Waals surface area contributed by atoms with Crippen LogP contribution in [0.5, 0.6) is 0 Å². The lowest BCUT2D eigenvalue weighted by atomic mass is 9.89. The minimum Gasteiger partial charge on any atom is -0.330 e. The van der Waals surface area contributed by atoms with Crippen molar-refractivity contribution in [3.05, 3.63) is 10.6 Å². The molecule has 132 valence electrons. The van der Waals surface area contributed by atoms with Crippen LogP contribution in [0, 0.1) is 11.8 Å². The van der Waals surface area contributed by atoms with Gasteiger partial charge in [0.15, 0.2) is 5.13 Å². The van der Waals surface area contributed by atoms with Gasteiger partial charge in [0, 0.05) is 17.3 Å². The van der Waals surface area contributed by atoms with Crippen LogP contribution in [0.25, 0.3) is 0 Å². The van der Waals surface area contributed by atoms with Crippen LogP contribution in [0.4, 0.5) is 5.13 Å². The number of hydrogen-bond acceptors (Lipinski definition) is 4. The molecule has 5 nitrogen and oxygen atoms in total. The van der Waals surface area contributed by atoms with Crippen LogP contribution in [-0.4, -0.2) is 34.3 Å². The van der Waals surface area contributed by atoms with Crippen molar-refractivity contribution in [1.82, 2.24) is 9.88 Å². The molecule has 0 radical (unpaired) electrons. The highest BCUT2D eigenvalue weighted by Crippen LogP contribution is 2.33. The topological polar surface area (TPSA) is 62.3 Å². The molecule has 1 N–H and O–H groups in total. The molecule has 0 bridgehead atoms. The van der Waals surface area contributed by atoms with Crippen molar-refractivity contribution in [2.75, 3.05) is 11.9 Å². The Kier molecular flexibility index (Phi) is 5.23. The van der Waals surface area contributed by atoms with E-state index in [-0.39, 0.29) is 23.8 Å². The predicted molar refractivity (Wildman–Crippen MR) is 96.1 cm³/mol. The van der Waals surface area contributed by atoms with Crippen LogP contribution in [-0.2, 0) is 22.4 Å². The lowest BCUT2D eigenvalue weighted by Crippen LogP contribution is -2.44. The fourth-order valence-corrected chi connectivity index (χ4v) is 4.79. The summed E-state index contributed by atoms with van der Waals surface area (Å²) in [6.07, 6.45) is 6.13. The lowest BCUT2D eigenvalue weighted by molar-refractivity contribution is -0.139. The minimum atomic E-state index is -0.343. The standard InChI is InChI=1S/C18H27N3O2S/c1-4-12-7-8-13-15(10-12)24-18(19-13)20-16(22)14-6-5-9-21(14)17(23)11(2)3/h11-12,14H,4-10H2,1-3H3,(H,19,20,22). The van der Waals surface area contributed by atoms with Gasteiger partial charge in [-0.15, -0.1) is 11.3 Å². The number of carbonyl (C=O) groups excluding carboxylic acids is 2. The van der Waals surface area contributed by atoms with Crippen molar-refractivity contribution in [1.29, 1.82) is 0 Å². The van der Waals surface area contributed by atoms with E-state index in [1.165, 1.54) is 17.7 Å². The van der Waals surface area contributed by atoms with Gasteiger partial charge in [-0.3, -0.25) is 9.59 Å². The third-order valence-electron chi connectivity index (χ3n) is 5.18. The number of likely N-dealkylation sites (tertiary alicyclic amines) is 1. The van der Waals surface area contributed by atoms with Gasteiger partial charge in [-0.25, -0.2) is 4.98 Å². The summed E-state index contributed by atoms with van der Waals surface area (Å²) in [5.74, 6) is 0.656. The Labute approximate surface area is 147 Å². The maximum absolute atomic E-state index is 12.6. The smallest absolute Gasteiger partial charge is 0.248 e. The molecule has 1 saturated heterocycles. The maximum Gasteiger partial charge on any atom is 0.248 e. The van der Waals surface area contributed by atoms with E-state index >= 15 is 0 Å². The first-order valence-electron chi connectivity index (χ1n) is 9.09. The summed E-state index contributed by atoms with van der Waals surface area (Å²) in [7, 11) is 0. The van der Waals surface area contributed by atoms with E-state index in [4.69, 9.17) is 0 Å². The average Bonchev–Trinajstić information content (AvgIpc) is 3.19. The highest BCUT2D eigenvalue weighted by atomic mass is 32.1. The average molecular weight is 350 g/mol. The fraction of sp³-hybridized carbons (Fsp3) is 0.722. The number of nitrogens with zero attached hydrogens (tertiary/aromatic N) is 2. The number of fused-ring (bicyclic) bond motifs is 1. The highest BCUT2D eigenvalue weighted by molar-refractivity contribution is 7.15. The quantitative estimate of drug-likeness (QED) is 0.908. The van der Waals surface area contributed by atoms with Crippen molar-refractivity contribution < 1.29 is 9.59 Å². The molecule has 0 aromatic carbocycles. The SMILES string of the molecule is CCC1CCc2nc(NC(=O)C3CCCN3C(=O)C(C)C)sc2C1. The van der Waals surface area contributed by atoms with Crippen LogP contribution in [0.1, 0.15) is 57.0 Å². The first kappa shape index (κ1) is 17.4. The number of amides is 2. The van der Waals surface area contributed by atoms with Crippen LogP contribution < -0.4 is 5.32 Å². The van der Waals surface area contributed by atoms with Crippen molar-refractivity contribution >= 4 is 28.3 Å². The van der Waals surface area contributed by atoms with Crippen molar-refractivity contribution in [3.63, 3.8) is 0 Å². The normalized spacial score (nSPS) is 23.4. The molecule has 1 aliphatic heterocycles. The molecule has 2 amide bonds. The molecule has 1 aromatic heterocycles. The Morgan fingerprint density at radius 2 is 2.17 bits per heavy atom. The monoisotopic (exact) mass is 349 g/mol. The predicted octanol–water partition coefficient (Wildman–Crippen LogP) is 3.24. The van der Waals surface area contributed by atoms with Crippen LogP contribution in [0.15, 0.2) is 0 Å². The van der Waals surface area contributed by atoms with Gasteiger partial charge in [-0.2, -0.15) is 0 Å². The third kappa shape index (κ3) is 3.48. The van der Waals surface area contributed by atoms with Crippen molar-refractivity contribution in [2.45, 2.75) is 65.3 Å². The molecule has 24 heavy (non-hydrogen) atoms. The van der Waals surface area contributed by atoms with Gasteiger partial charge in [0.2, 0.25) is 11.8 Å². The zero-order chi connectivity index (χ0) is 17.3. The molecule has 1 aliphatic carbocycles. The molecular weight excluding hydrogens is 322 g/mol. The molecule has 2 aliphatic rings. The van der Waals surface area contributed by atoms with Gasteiger partial charge in [-0.05, 0) is 38.0 Å². The molecular formula is C18H27N3O2S. The number of rotatable bonds is 4. The van der Waals surface area contributed by atoms with Gasteiger partial charge >= 0.3 is 0 Å². The van der Waals surface area contributed by atoms with E-state index < -0.39 is 0 Å². The first-order chi connectivity index (χ1) is 11.5. The van der Waals surface area contributed by atoms with Gasteiger partial charge < -0.3 is 10.2 Å². The van der Waals surface area contributed by atoms with Gasteiger partial charge in [0.05, 0.1) is 5.69 Å². The fourth-order valence-electron chi connectivity index (χ4n) is 3.67. The van der Waals surface area contributed by atoms with Crippen molar-refractivity contribution in [3.8, 4) is 0 Å². The molecule has 0 spiro atoms. The Morgan fingerprint density at radius 3 is 2.88 bits per heavy atom. The highest BCUT2D eigenvalue weighted by Gasteiger charge is 2.35. The number of nitrogens with one attached hydrogen (secondary N) is 1. The van der Waals surface area contributed by atoms with E-state index in [0.29, 0.717) is 11.7 Å². The summed E-state index contributed by atoms with van der Waals surface area (Å²) in [6.45, 7) is 6.69. The van der Waals surface area contributed by atoms with Gasteiger partial charge in [0.1, 0.15) is 6.04 Å². The van der Waals surface area contributed by atoms with Gasteiger partial charge in [0.25, 0.3) is 0 Å². The van der Waals surface area contributed by atoms with Crippen LogP contribution in [0.3, 0.4) is 0 Å². The second-order valence-electron chi connectivity index (χ2n) is 7.24. The molecule has 0 saturated carbocycles. The maximum atomic E-state index is 12.6. The first-order valence-corrected chi connectivity index (χ1v) is 9.91. The molecule has 2 heterocycles. The Balaban J connectivity index is 1.67. The summed E-state index contributed by atoms with van der Waals surface area (Å²) in [5.41, 5.74) is 1.15. The van der Waals surface area contributed by atoms with E-state index in [9.17, 15) is 9.59 Å². The summed E-state index contributed by atoms with van der Waals surface area (Å²) in [5, 5.41) is 3.67. The molecule has 2 atom stereocenters. The van der Waals surface area contributed by atoms with E-state index in [0.717, 1.165) is 37.3 Å². The number of aryl methyl sites for hydroxylation is 1. The van der Waals surface area contributed by atoms with E-state index in [1.54, 1.807) is 16.2 Å². The number of carbonyl (C=O) groups is 2. The zero-order valence-corrected chi connectivity index (χ0v) is 15.6. The lowest BCUT2D eigenvalue weighted by Gasteiger charge is -2.25. The second kappa shape index (κ2) is 7.21. The largest absolute Gasteiger partial charge is 0.330 e. The van der Waals surface area contributed by atoms with E-state index in [1.807, 2.05) is 13.8 Å². The Hall–Kier alpha value is -1.43. The Bertz CT molecular complexity index is 626. The summed E-state index contributed by atoms with van der Waals surface area (Å²) < 4.78 is 0. The summed E-state index contributed by atoms with van der Waals surface area (Å²) in [4.78, 5) is 32.6. The molecule has 1 fully saturated rings.